The van der Waals surface area contributed by atoms with E-state index in [1.54, 1.807) is 24.4 Å². The molecule has 3 aromatic carbocycles. The third-order valence-electron chi connectivity index (χ3n) is 6.97. The summed E-state index contributed by atoms with van der Waals surface area (Å²) < 4.78 is 27.6. The van der Waals surface area contributed by atoms with E-state index in [-0.39, 0.29) is 23.9 Å². The third kappa shape index (κ3) is 7.07. The SMILES string of the molecule is CCOc1cc(C=Nn2c(C3CCCCC3)nc3ccc(Br)cc3c2=O)c(Br)cc1OCC(=O)Nc1ccc(F)cc1. The van der Waals surface area contributed by atoms with Crippen LogP contribution < -0.4 is 20.3 Å². The van der Waals surface area contributed by atoms with Crippen molar-refractivity contribution in [2.24, 2.45) is 5.10 Å². The van der Waals surface area contributed by atoms with Crippen LogP contribution >= 0.6 is 31.9 Å². The number of carbonyl (C=O) groups excluding carboxylic acids is 1. The van der Waals surface area contributed by atoms with Crippen molar-refractivity contribution in [3.05, 3.63) is 91.1 Å². The molecule has 0 aliphatic heterocycles. The summed E-state index contributed by atoms with van der Waals surface area (Å²) in [6, 6.07) is 14.4. The normalized spacial score (nSPS) is 13.9. The zero-order chi connectivity index (χ0) is 29.6. The molecule has 42 heavy (non-hydrogen) atoms. The van der Waals surface area contributed by atoms with Gasteiger partial charge in [0.2, 0.25) is 0 Å². The van der Waals surface area contributed by atoms with Gasteiger partial charge in [0.1, 0.15) is 11.6 Å². The highest BCUT2D eigenvalue weighted by Gasteiger charge is 2.23. The van der Waals surface area contributed by atoms with Gasteiger partial charge in [-0.05, 0) is 90.3 Å². The highest BCUT2D eigenvalue weighted by Crippen LogP contribution is 2.34. The first-order valence-corrected chi connectivity index (χ1v) is 15.3. The quantitative estimate of drug-likeness (QED) is 0.184. The molecule has 218 valence electrons. The van der Waals surface area contributed by atoms with E-state index < -0.39 is 5.91 Å². The van der Waals surface area contributed by atoms with Crippen LogP contribution in [0.25, 0.3) is 10.9 Å². The summed E-state index contributed by atoms with van der Waals surface area (Å²) in [4.78, 5) is 30.9. The molecule has 1 saturated carbocycles. The minimum absolute atomic E-state index is 0.149. The van der Waals surface area contributed by atoms with Crippen LogP contribution in [0.2, 0.25) is 0 Å². The Labute approximate surface area is 259 Å². The van der Waals surface area contributed by atoms with Gasteiger partial charge in [0, 0.05) is 26.1 Å². The maximum Gasteiger partial charge on any atom is 0.282 e. The molecule has 0 atom stereocenters. The third-order valence-corrected chi connectivity index (χ3v) is 8.15. The molecule has 8 nitrogen and oxygen atoms in total. The van der Waals surface area contributed by atoms with Gasteiger partial charge < -0.3 is 14.8 Å². The number of halogens is 3. The second kappa shape index (κ2) is 13.6. The zero-order valence-electron chi connectivity index (χ0n) is 22.9. The molecule has 0 unspecified atom stereocenters. The molecular formula is C31H29Br2FN4O4. The summed E-state index contributed by atoms with van der Waals surface area (Å²) in [5.74, 6) is 0.787. The summed E-state index contributed by atoms with van der Waals surface area (Å²) in [5, 5.41) is 7.78. The predicted molar refractivity (Wildman–Crippen MR) is 168 cm³/mol. The van der Waals surface area contributed by atoms with Gasteiger partial charge in [-0.15, -0.1) is 0 Å². The summed E-state index contributed by atoms with van der Waals surface area (Å²) >= 11 is 7.02. The fourth-order valence-corrected chi connectivity index (χ4v) is 5.71. The van der Waals surface area contributed by atoms with Gasteiger partial charge in [0.05, 0.1) is 23.7 Å². The van der Waals surface area contributed by atoms with Crippen LogP contribution in [0.1, 0.15) is 56.3 Å². The van der Waals surface area contributed by atoms with E-state index >= 15 is 0 Å². The van der Waals surface area contributed by atoms with Crippen LogP contribution in [0.15, 0.2) is 73.4 Å². The largest absolute Gasteiger partial charge is 0.490 e. The number of anilines is 1. The van der Waals surface area contributed by atoms with Crippen LogP contribution in [-0.2, 0) is 4.79 Å². The highest BCUT2D eigenvalue weighted by molar-refractivity contribution is 9.10. The number of rotatable bonds is 9. The highest BCUT2D eigenvalue weighted by atomic mass is 79.9. The molecule has 1 fully saturated rings. The molecule has 1 amide bonds. The molecule has 0 spiro atoms. The first kappa shape index (κ1) is 29.9. The molecule has 0 saturated heterocycles. The number of carbonyl (C=O) groups is 1. The lowest BCUT2D eigenvalue weighted by Gasteiger charge is -2.22. The van der Waals surface area contributed by atoms with Gasteiger partial charge in [-0.3, -0.25) is 9.59 Å². The van der Waals surface area contributed by atoms with Gasteiger partial charge in [-0.25, -0.2) is 9.37 Å². The maximum atomic E-state index is 13.6. The number of ether oxygens (including phenoxy) is 2. The Morgan fingerprint density at radius 1 is 1.07 bits per heavy atom. The van der Waals surface area contributed by atoms with Crippen LogP contribution in [0.3, 0.4) is 0 Å². The molecular weight excluding hydrogens is 671 g/mol. The van der Waals surface area contributed by atoms with Crippen molar-refractivity contribution in [2.45, 2.75) is 44.9 Å². The summed E-state index contributed by atoms with van der Waals surface area (Å²) in [6.45, 7) is 1.93. The lowest BCUT2D eigenvalue weighted by molar-refractivity contribution is -0.118. The first-order valence-electron chi connectivity index (χ1n) is 13.7. The Balaban J connectivity index is 1.43. The van der Waals surface area contributed by atoms with Gasteiger partial charge >= 0.3 is 0 Å². The van der Waals surface area contributed by atoms with Gasteiger partial charge in [0.15, 0.2) is 18.1 Å². The smallest absolute Gasteiger partial charge is 0.282 e. The Morgan fingerprint density at radius 2 is 1.81 bits per heavy atom. The number of aromatic nitrogens is 2. The number of hydrogen-bond acceptors (Lipinski definition) is 6. The average molecular weight is 700 g/mol. The fraction of sp³-hybridized carbons (Fsp3) is 0.290. The molecule has 11 heteroatoms. The van der Waals surface area contributed by atoms with Gasteiger partial charge in [0.25, 0.3) is 11.5 Å². The lowest BCUT2D eigenvalue weighted by atomic mass is 9.88. The van der Waals surface area contributed by atoms with Crippen LogP contribution in [0.5, 0.6) is 11.5 Å². The predicted octanol–water partition coefficient (Wildman–Crippen LogP) is 7.41. The summed E-state index contributed by atoms with van der Waals surface area (Å²) in [5.41, 5.74) is 1.53. The van der Waals surface area contributed by atoms with E-state index in [0.29, 0.717) is 50.6 Å². The minimum atomic E-state index is -0.407. The fourth-order valence-electron chi connectivity index (χ4n) is 4.93. The molecule has 1 aliphatic carbocycles. The van der Waals surface area contributed by atoms with E-state index in [1.165, 1.54) is 35.4 Å². The molecule has 4 aromatic rings. The minimum Gasteiger partial charge on any atom is -0.490 e. The number of nitrogens with zero attached hydrogens (tertiary/aromatic N) is 3. The van der Waals surface area contributed by atoms with Crippen molar-refractivity contribution >= 4 is 60.6 Å². The Hall–Kier alpha value is -3.57. The molecule has 1 N–H and O–H groups in total. The molecule has 1 aromatic heterocycles. The topological polar surface area (TPSA) is 94.8 Å². The zero-order valence-corrected chi connectivity index (χ0v) is 26.1. The van der Waals surface area contributed by atoms with E-state index in [2.05, 4.69) is 42.3 Å². The number of fused-ring (bicyclic) bond motifs is 1. The van der Waals surface area contributed by atoms with E-state index in [0.717, 1.165) is 30.2 Å². The Morgan fingerprint density at radius 3 is 2.55 bits per heavy atom. The number of amides is 1. The van der Waals surface area contributed by atoms with Crippen molar-refractivity contribution in [2.75, 3.05) is 18.5 Å². The van der Waals surface area contributed by atoms with E-state index in [4.69, 9.17) is 14.5 Å². The van der Waals surface area contributed by atoms with Gasteiger partial charge in [-0.1, -0.05) is 35.2 Å². The van der Waals surface area contributed by atoms with E-state index in [9.17, 15) is 14.0 Å². The van der Waals surface area contributed by atoms with Crippen molar-refractivity contribution in [1.29, 1.82) is 0 Å². The second-order valence-electron chi connectivity index (χ2n) is 9.93. The molecule has 1 aliphatic rings. The number of nitrogens with one attached hydrogen (secondary N) is 1. The second-order valence-corrected chi connectivity index (χ2v) is 11.7. The first-order chi connectivity index (χ1) is 20.3. The van der Waals surface area contributed by atoms with Crippen molar-refractivity contribution < 1.29 is 18.7 Å². The number of hydrogen-bond donors (Lipinski definition) is 1. The van der Waals surface area contributed by atoms with Crippen LogP contribution in [0, 0.1) is 5.82 Å². The Kier molecular flexibility index (Phi) is 9.69. The summed E-state index contributed by atoms with van der Waals surface area (Å²) in [7, 11) is 0. The van der Waals surface area contributed by atoms with Crippen molar-refractivity contribution in [3.8, 4) is 11.5 Å². The van der Waals surface area contributed by atoms with Crippen molar-refractivity contribution in [3.63, 3.8) is 0 Å². The molecule has 5 rings (SSSR count). The maximum absolute atomic E-state index is 13.6. The molecule has 0 radical (unpaired) electrons. The standard InChI is InChI=1S/C31H29Br2FN4O4/c1-2-41-27-14-20(25(33)16-28(27)42-18-29(39)36-23-11-9-22(34)10-12-23)17-35-38-30(19-6-4-3-5-7-19)37-26-13-8-21(32)15-24(26)31(38)40/h8-17,19H,2-7,18H2,1H3,(H,36,39). The summed E-state index contributed by atoms with van der Waals surface area (Å²) in [6.07, 6.45) is 6.88. The Bertz CT molecular complexity index is 1690. The monoisotopic (exact) mass is 698 g/mol. The lowest BCUT2D eigenvalue weighted by Crippen LogP contribution is -2.25. The van der Waals surface area contributed by atoms with Crippen LogP contribution in [0.4, 0.5) is 10.1 Å². The van der Waals surface area contributed by atoms with Crippen molar-refractivity contribution in [1.82, 2.24) is 9.66 Å². The van der Waals surface area contributed by atoms with Gasteiger partial charge in [-0.2, -0.15) is 9.78 Å². The molecule has 0 bridgehead atoms. The molecule has 1 heterocycles. The van der Waals surface area contributed by atoms with Crippen LogP contribution in [-0.4, -0.2) is 35.0 Å². The average Bonchev–Trinajstić information content (AvgIpc) is 2.99. The number of benzene rings is 3. The van der Waals surface area contributed by atoms with E-state index in [1.807, 2.05) is 19.1 Å².